The normalized spacial score (nSPS) is 15.6. The number of nitrogens with one attached hydrogen (secondary N) is 2. The van der Waals surface area contributed by atoms with Crippen LogP contribution in [0.5, 0.6) is 0 Å². The number of nitrogens with zero attached hydrogens (tertiary/aromatic N) is 4. The Morgan fingerprint density at radius 3 is 2.79 bits per heavy atom. The molecule has 1 fully saturated rings. The van der Waals surface area contributed by atoms with Gasteiger partial charge in [0.2, 0.25) is 5.91 Å². The van der Waals surface area contributed by atoms with E-state index < -0.39 is 0 Å². The van der Waals surface area contributed by atoms with Crippen LogP contribution in [0.2, 0.25) is 0 Å². The zero-order valence-electron chi connectivity index (χ0n) is 15.6. The van der Waals surface area contributed by atoms with Crippen molar-refractivity contribution in [3.63, 3.8) is 0 Å². The zero-order chi connectivity index (χ0) is 19.8. The third-order valence-electron chi connectivity index (χ3n) is 4.73. The lowest BCUT2D eigenvalue weighted by molar-refractivity contribution is -0.130. The van der Waals surface area contributed by atoms with Gasteiger partial charge in [-0.2, -0.15) is 10.5 Å². The van der Waals surface area contributed by atoms with Crippen molar-refractivity contribution in [1.82, 2.24) is 15.2 Å². The minimum atomic E-state index is -0.282. The molecule has 1 atom stereocenters. The molecule has 0 radical (unpaired) electrons. The van der Waals surface area contributed by atoms with Gasteiger partial charge in [0.25, 0.3) is 0 Å². The van der Waals surface area contributed by atoms with Gasteiger partial charge < -0.3 is 15.5 Å². The first-order valence-corrected chi connectivity index (χ1v) is 9.32. The molecule has 2 aromatic rings. The number of hydrogen-bond donors (Lipinski definition) is 2. The number of likely N-dealkylation sites (tertiary alicyclic amines) is 1. The average molecular weight is 374 g/mol. The van der Waals surface area contributed by atoms with Crippen LogP contribution in [0.3, 0.4) is 0 Å². The molecule has 1 amide bonds. The summed E-state index contributed by atoms with van der Waals surface area (Å²) in [4.78, 5) is 18.3. The van der Waals surface area contributed by atoms with E-state index in [-0.39, 0.29) is 18.5 Å². The van der Waals surface area contributed by atoms with Gasteiger partial charge in [-0.25, -0.2) is 4.98 Å². The van der Waals surface area contributed by atoms with E-state index in [1.165, 1.54) is 0 Å². The summed E-state index contributed by atoms with van der Waals surface area (Å²) in [5.41, 5.74) is 2.55. The summed E-state index contributed by atoms with van der Waals surface area (Å²) in [6, 6.07) is 15.2. The number of nitriles is 2. The van der Waals surface area contributed by atoms with Gasteiger partial charge in [-0.1, -0.05) is 12.1 Å². The maximum Gasteiger partial charge on any atom is 0.237 e. The van der Waals surface area contributed by atoms with E-state index in [0.29, 0.717) is 25.2 Å². The van der Waals surface area contributed by atoms with Gasteiger partial charge in [0.15, 0.2) is 0 Å². The van der Waals surface area contributed by atoms with E-state index in [1.54, 1.807) is 23.2 Å². The fraction of sp³-hybridized carbons (Fsp3) is 0.333. The molecule has 1 aliphatic heterocycles. The number of pyridine rings is 1. The van der Waals surface area contributed by atoms with Crippen molar-refractivity contribution in [2.75, 3.05) is 31.5 Å². The third kappa shape index (κ3) is 4.64. The van der Waals surface area contributed by atoms with Crippen LogP contribution in [0, 0.1) is 22.7 Å². The lowest BCUT2D eigenvalue weighted by Crippen LogP contribution is -2.41. The molecule has 0 unspecified atom stereocenters. The van der Waals surface area contributed by atoms with Crippen LogP contribution < -0.4 is 10.6 Å². The highest BCUT2D eigenvalue weighted by Crippen LogP contribution is 2.25. The Labute approximate surface area is 164 Å². The maximum absolute atomic E-state index is 12.2. The van der Waals surface area contributed by atoms with Crippen molar-refractivity contribution in [2.24, 2.45) is 0 Å². The Bertz CT molecular complexity index is 896. The van der Waals surface area contributed by atoms with Gasteiger partial charge in [0.05, 0.1) is 24.2 Å². The molecule has 0 saturated carbocycles. The van der Waals surface area contributed by atoms with Gasteiger partial charge in [-0.3, -0.25) is 4.79 Å². The SMILES string of the molecule is N#Cc1ccc(-c2cccnc2NCCNCC(=O)N2CCC[C@H]2C#N)cc1. The summed E-state index contributed by atoms with van der Waals surface area (Å²) in [5, 5.41) is 24.4. The highest BCUT2D eigenvalue weighted by Gasteiger charge is 2.27. The molecule has 7 heteroatoms. The predicted octanol–water partition coefficient (Wildman–Crippen LogP) is 2.14. The second-order valence-corrected chi connectivity index (χ2v) is 6.57. The lowest BCUT2D eigenvalue weighted by atomic mass is 10.0. The third-order valence-corrected chi connectivity index (χ3v) is 4.73. The lowest BCUT2D eigenvalue weighted by Gasteiger charge is -2.19. The molecule has 1 saturated heterocycles. The number of carbonyl (C=O) groups is 1. The molecule has 1 aromatic heterocycles. The minimum absolute atomic E-state index is 0.0276. The van der Waals surface area contributed by atoms with E-state index in [0.717, 1.165) is 29.8 Å². The van der Waals surface area contributed by atoms with Gasteiger partial charge in [-0.05, 0) is 42.7 Å². The van der Waals surface area contributed by atoms with Crippen molar-refractivity contribution in [1.29, 1.82) is 10.5 Å². The van der Waals surface area contributed by atoms with Gasteiger partial charge in [0.1, 0.15) is 11.9 Å². The molecule has 3 rings (SSSR count). The second kappa shape index (κ2) is 9.50. The van der Waals surface area contributed by atoms with Crippen LogP contribution in [-0.4, -0.2) is 48.0 Å². The minimum Gasteiger partial charge on any atom is -0.368 e. The summed E-state index contributed by atoms with van der Waals surface area (Å²) in [6.45, 7) is 2.10. The Morgan fingerprint density at radius 2 is 2.04 bits per heavy atom. The Balaban J connectivity index is 1.50. The van der Waals surface area contributed by atoms with E-state index in [9.17, 15) is 4.79 Å². The zero-order valence-corrected chi connectivity index (χ0v) is 15.6. The van der Waals surface area contributed by atoms with Crippen molar-refractivity contribution >= 4 is 11.7 Å². The molecule has 0 aliphatic carbocycles. The smallest absolute Gasteiger partial charge is 0.237 e. The molecule has 2 heterocycles. The number of hydrogen-bond acceptors (Lipinski definition) is 6. The van der Waals surface area contributed by atoms with E-state index in [2.05, 4.69) is 27.8 Å². The topological polar surface area (TPSA) is 105 Å². The standard InChI is InChI=1S/C21H22N6O/c22-13-16-5-7-17(8-6-16)19-4-1-9-25-21(19)26-11-10-24-15-20(28)27-12-2-3-18(27)14-23/h1,4-9,18,24H,2-3,10-12,15H2,(H,25,26)/t18-/m0/s1. The van der Waals surface area contributed by atoms with Crippen molar-refractivity contribution in [3.8, 4) is 23.3 Å². The second-order valence-electron chi connectivity index (χ2n) is 6.57. The van der Waals surface area contributed by atoms with Crippen LogP contribution in [0.25, 0.3) is 11.1 Å². The summed E-state index contributed by atoms with van der Waals surface area (Å²) in [6.07, 6.45) is 3.38. The van der Waals surface area contributed by atoms with Crippen LogP contribution in [0.1, 0.15) is 18.4 Å². The summed E-state index contributed by atoms with van der Waals surface area (Å²) in [5.74, 6) is 0.726. The van der Waals surface area contributed by atoms with Crippen molar-refractivity contribution < 1.29 is 4.79 Å². The van der Waals surface area contributed by atoms with Crippen molar-refractivity contribution in [2.45, 2.75) is 18.9 Å². The quantitative estimate of drug-likeness (QED) is 0.720. The molecule has 7 nitrogen and oxygen atoms in total. The number of carbonyl (C=O) groups excluding carboxylic acids is 1. The summed E-state index contributed by atoms with van der Waals surface area (Å²) >= 11 is 0. The number of benzene rings is 1. The van der Waals surface area contributed by atoms with Crippen LogP contribution in [-0.2, 0) is 4.79 Å². The first kappa shape index (κ1) is 19.3. The number of amides is 1. The fourth-order valence-corrected chi connectivity index (χ4v) is 3.27. The van der Waals surface area contributed by atoms with Gasteiger partial charge in [-0.15, -0.1) is 0 Å². The molecule has 1 aromatic carbocycles. The van der Waals surface area contributed by atoms with Crippen molar-refractivity contribution in [3.05, 3.63) is 48.2 Å². The molecular formula is C21H22N6O. The largest absolute Gasteiger partial charge is 0.368 e. The first-order chi connectivity index (χ1) is 13.7. The van der Waals surface area contributed by atoms with Crippen LogP contribution >= 0.6 is 0 Å². The Hall–Kier alpha value is -3.42. The van der Waals surface area contributed by atoms with Crippen LogP contribution in [0.15, 0.2) is 42.6 Å². The maximum atomic E-state index is 12.2. The van der Waals surface area contributed by atoms with Gasteiger partial charge >= 0.3 is 0 Å². The number of rotatable bonds is 7. The van der Waals surface area contributed by atoms with Gasteiger partial charge in [0, 0.05) is 31.4 Å². The fourth-order valence-electron chi connectivity index (χ4n) is 3.27. The first-order valence-electron chi connectivity index (χ1n) is 9.32. The highest BCUT2D eigenvalue weighted by atomic mass is 16.2. The number of aromatic nitrogens is 1. The molecule has 0 bridgehead atoms. The molecule has 142 valence electrons. The predicted molar refractivity (Wildman–Crippen MR) is 106 cm³/mol. The van der Waals surface area contributed by atoms with E-state index in [4.69, 9.17) is 10.5 Å². The van der Waals surface area contributed by atoms with E-state index >= 15 is 0 Å². The number of anilines is 1. The summed E-state index contributed by atoms with van der Waals surface area (Å²) < 4.78 is 0. The molecule has 2 N–H and O–H groups in total. The molecule has 1 aliphatic rings. The average Bonchev–Trinajstić information content (AvgIpc) is 3.23. The highest BCUT2D eigenvalue weighted by molar-refractivity contribution is 5.79. The molecular weight excluding hydrogens is 352 g/mol. The summed E-state index contributed by atoms with van der Waals surface area (Å²) in [7, 11) is 0. The van der Waals surface area contributed by atoms with Crippen LogP contribution in [0.4, 0.5) is 5.82 Å². The van der Waals surface area contributed by atoms with E-state index in [1.807, 2.05) is 24.3 Å². The molecule has 0 spiro atoms. The Morgan fingerprint density at radius 1 is 1.21 bits per heavy atom. The monoisotopic (exact) mass is 374 g/mol. The molecule has 28 heavy (non-hydrogen) atoms. The Kier molecular flexibility index (Phi) is 6.56.